The van der Waals surface area contributed by atoms with E-state index in [-0.39, 0.29) is 11.2 Å². The van der Waals surface area contributed by atoms with Gasteiger partial charge in [-0.3, -0.25) is 9.89 Å². The number of H-pyrrole nitrogens is 1. The lowest BCUT2D eigenvalue weighted by molar-refractivity contribution is -0.120. The van der Waals surface area contributed by atoms with Crippen LogP contribution in [-0.4, -0.2) is 32.9 Å². The molecule has 1 aliphatic rings. The van der Waals surface area contributed by atoms with E-state index in [9.17, 15) is 4.79 Å². The number of amides is 1. The van der Waals surface area contributed by atoms with Crippen molar-refractivity contribution in [3.8, 4) is 0 Å². The topological polar surface area (TPSA) is 70.7 Å². The molecule has 0 bridgehead atoms. The number of aromatic amines is 1. The zero-order valence-corrected chi connectivity index (χ0v) is 11.1. The fourth-order valence-electron chi connectivity index (χ4n) is 2.10. The molecule has 1 atom stereocenters. The van der Waals surface area contributed by atoms with Crippen LogP contribution in [0.3, 0.4) is 0 Å². The molecule has 1 aliphatic heterocycles. The molecule has 0 saturated carbocycles. The lowest BCUT2D eigenvalue weighted by atomic mass is 10.1. The maximum Gasteiger partial charge on any atom is 0.233 e. The van der Waals surface area contributed by atoms with Crippen LogP contribution in [0.1, 0.15) is 11.4 Å². The first-order valence-electron chi connectivity index (χ1n) is 6.19. The number of nitrogens with one attached hydrogen (secondary N) is 2. The number of fused-ring (bicyclic) bond motifs is 1. The van der Waals surface area contributed by atoms with Gasteiger partial charge in [-0.05, 0) is 18.1 Å². The van der Waals surface area contributed by atoms with Crippen LogP contribution in [0.15, 0.2) is 35.5 Å². The van der Waals surface area contributed by atoms with Crippen molar-refractivity contribution in [2.45, 2.75) is 23.0 Å². The molecule has 5 nitrogen and oxygen atoms in total. The molecule has 0 radical (unpaired) electrons. The molecule has 0 aliphatic carbocycles. The maximum absolute atomic E-state index is 12.1. The number of carbonyl (C=O) groups excluding carboxylic acids is 1. The molecule has 1 unspecified atom stereocenters. The highest BCUT2D eigenvalue weighted by molar-refractivity contribution is 8.01. The molecule has 6 heteroatoms. The van der Waals surface area contributed by atoms with E-state index in [1.807, 2.05) is 12.1 Å². The van der Waals surface area contributed by atoms with Crippen LogP contribution in [0.4, 0.5) is 0 Å². The van der Waals surface area contributed by atoms with E-state index in [1.54, 1.807) is 11.8 Å². The van der Waals surface area contributed by atoms with Crippen LogP contribution >= 0.6 is 11.8 Å². The molecule has 1 amide bonds. The van der Waals surface area contributed by atoms with Crippen molar-refractivity contribution in [3.05, 3.63) is 42.0 Å². The zero-order valence-electron chi connectivity index (χ0n) is 10.3. The summed E-state index contributed by atoms with van der Waals surface area (Å²) in [4.78, 5) is 17.3. The number of benzene rings is 1. The van der Waals surface area contributed by atoms with Gasteiger partial charge in [0.1, 0.15) is 12.2 Å². The zero-order chi connectivity index (χ0) is 13.1. The van der Waals surface area contributed by atoms with Gasteiger partial charge in [-0.15, -0.1) is 11.8 Å². The van der Waals surface area contributed by atoms with Gasteiger partial charge in [0.05, 0.1) is 5.25 Å². The number of aromatic nitrogens is 3. The molecular formula is C13H14N4OS. The summed E-state index contributed by atoms with van der Waals surface area (Å²) in [5.41, 5.74) is 1.27. The SMILES string of the molecule is O=C(NCCc1ncn[nH]1)C1Cc2ccccc2S1. The largest absolute Gasteiger partial charge is 0.355 e. The lowest BCUT2D eigenvalue weighted by Crippen LogP contribution is -2.34. The van der Waals surface area contributed by atoms with Crippen LogP contribution < -0.4 is 5.32 Å². The smallest absolute Gasteiger partial charge is 0.233 e. The Bertz CT molecular complexity index is 545. The number of hydrogen-bond donors (Lipinski definition) is 2. The Balaban J connectivity index is 1.50. The second-order valence-electron chi connectivity index (χ2n) is 4.39. The van der Waals surface area contributed by atoms with E-state index in [4.69, 9.17) is 0 Å². The third-order valence-corrected chi connectivity index (χ3v) is 4.38. The summed E-state index contributed by atoms with van der Waals surface area (Å²) in [5.74, 6) is 0.892. The Labute approximate surface area is 115 Å². The summed E-state index contributed by atoms with van der Waals surface area (Å²) in [7, 11) is 0. The van der Waals surface area contributed by atoms with Gasteiger partial charge >= 0.3 is 0 Å². The van der Waals surface area contributed by atoms with Gasteiger partial charge in [-0.2, -0.15) is 5.10 Å². The summed E-state index contributed by atoms with van der Waals surface area (Å²) < 4.78 is 0. The Morgan fingerprint density at radius 3 is 3.16 bits per heavy atom. The van der Waals surface area contributed by atoms with Gasteiger partial charge in [0.25, 0.3) is 0 Å². The van der Waals surface area contributed by atoms with Crippen molar-refractivity contribution >= 4 is 17.7 Å². The van der Waals surface area contributed by atoms with Gasteiger partial charge in [0.2, 0.25) is 5.91 Å². The molecule has 3 rings (SSSR count). The van der Waals surface area contributed by atoms with Gasteiger partial charge < -0.3 is 5.32 Å². The van der Waals surface area contributed by atoms with Crippen molar-refractivity contribution in [2.24, 2.45) is 0 Å². The van der Waals surface area contributed by atoms with Crippen molar-refractivity contribution in [2.75, 3.05) is 6.54 Å². The maximum atomic E-state index is 12.1. The quantitative estimate of drug-likeness (QED) is 0.878. The molecule has 0 spiro atoms. The highest BCUT2D eigenvalue weighted by Crippen LogP contribution is 2.36. The lowest BCUT2D eigenvalue weighted by Gasteiger charge is -2.08. The number of thioether (sulfide) groups is 1. The molecule has 1 aromatic heterocycles. The van der Waals surface area contributed by atoms with Crippen LogP contribution in [0.5, 0.6) is 0 Å². The Hall–Kier alpha value is -1.82. The van der Waals surface area contributed by atoms with E-state index >= 15 is 0 Å². The number of carbonyl (C=O) groups is 1. The van der Waals surface area contributed by atoms with Crippen LogP contribution in [0.2, 0.25) is 0 Å². The molecule has 0 saturated heterocycles. The highest BCUT2D eigenvalue weighted by Gasteiger charge is 2.27. The van der Waals surface area contributed by atoms with Crippen LogP contribution in [0.25, 0.3) is 0 Å². The van der Waals surface area contributed by atoms with Gasteiger partial charge in [0, 0.05) is 17.9 Å². The van der Waals surface area contributed by atoms with E-state index in [2.05, 4.69) is 32.6 Å². The number of nitrogens with zero attached hydrogens (tertiary/aromatic N) is 2. The summed E-state index contributed by atoms with van der Waals surface area (Å²) in [6.45, 7) is 0.585. The molecule has 1 aromatic carbocycles. The fraction of sp³-hybridized carbons (Fsp3) is 0.308. The molecular weight excluding hydrogens is 260 g/mol. The number of rotatable bonds is 4. The minimum Gasteiger partial charge on any atom is -0.355 e. The molecule has 2 aromatic rings. The number of hydrogen-bond acceptors (Lipinski definition) is 4. The predicted octanol–water partition coefficient (Wildman–Crippen LogP) is 1.18. The van der Waals surface area contributed by atoms with E-state index in [0.29, 0.717) is 13.0 Å². The summed E-state index contributed by atoms with van der Waals surface area (Å²) in [5, 5.41) is 9.49. The second kappa shape index (κ2) is 5.44. The van der Waals surface area contributed by atoms with Crippen LogP contribution in [0, 0.1) is 0 Å². The van der Waals surface area contributed by atoms with Crippen molar-refractivity contribution in [3.63, 3.8) is 0 Å². The monoisotopic (exact) mass is 274 g/mol. The molecule has 2 heterocycles. The van der Waals surface area contributed by atoms with Crippen molar-refractivity contribution in [1.82, 2.24) is 20.5 Å². The van der Waals surface area contributed by atoms with E-state index in [0.717, 1.165) is 12.2 Å². The Morgan fingerprint density at radius 1 is 1.47 bits per heavy atom. The summed E-state index contributed by atoms with van der Waals surface area (Å²) in [6, 6.07) is 8.19. The first kappa shape index (κ1) is 12.2. The van der Waals surface area contributed by atoms with Crippen molar-refractivity contribution in [1.29, 1.82) is 0 Å². The van der Waals surface area contributed by atoms with E-state index in [1.165, 1.54) is 16.8 Å². The third kappa shape index (κ3) is 2.78. The van der Waals surface area contributed by atoms with E-state index < -0.39 is 0 Å². The average Bonchev–Trinajstić information content (AvgIpc) is 3.07. The summed E-state index contributed by atoms with van der Waals surface area (Å²) >= 11 is 1.64. The van der Waals surface area contributed by atoms with Gasteiger partial charge in [-0.1, -0.05) is 18.2 Å². The van der Waals surface area contributed by atoms with Gasteiger partial charge in [0.15, 0.2) is 0 Å². The Morgan fingerprint density at radius 2 is 2.37 bits per heavy atom. The predicted molar refractivity (Wildman–Crippen MR) is 72.9 cm³/mol. The minimum atomic E-state index is -0.00729. The molecule has 19 heavy (non-hydrogen) atoms. The first-order valence-corrected chi connectivity index (χ1v) is 7.07. The molecule has 98 valence electrons. The Kier molecular flexibility index (Phi) is 3.50. The normalized spacial score (nSPS) is 17.2. The highest BCUT2D eigenvalue weighted by atomic mass is 32.2. The second-order valence-corrected chi connectivity index (χ2v) is 5.64. The fourth-order valence-corrected chi connectivity index (χ4v) is 3.32. The van der Waals surface area contributed by atoms with Gasteiger partial charge in [-0.25, -0.2) is 4.98 Å². The first-order chi connectivity index (χ1) is 9.33. The van der Waals surface area contributed by atoms with Crippen molar-refractivity contribution < 1.29 is 4.79 Å². The average molecular weight is 274 g/mol. The summed E-state index contributed by atoms with van der Waals surface area (Å²) in [6.07, 6.45) is 2.96. The van der Waals surface area contributed by atoms with Crippen LogP contribution in [-0.2, 0) is 17.6 Å². The molecule has 0 fully saturated rings. The minimum absolute atomic E-state index is 0.00729. The standard InChI is InChI=1S/C13H14N4OS/c18-13(14-6-5-12-15-8-16-17-12)11-7-9-3-1-2-4-10(9)19-11/h1-4,8,11H,5-7H2,(H,14,18)(H,15,16,17). The third-order valence-electron chi connectivity index (χ3n) is 3.07. The molecule has 2 N–H and O–H groups in total.